The molecule has 3 aromatic rings. The fourth-order valence-electron chi connectivity index (χ4n) is 3.24. The lowest BCUT2D eigenvalue weighted by Crippen LogP contribution is -2.50. The molecule has 0 saturated carbocycles. The van der Waals surface area contributed by atoms with Crippen LogP contribution < -0.4 is 5.73 Å². The van der Waals surface area contributed by atoms with Gasteiger partial charge in [-0.25, -0.2) is 14.2 Å². The zero-order valence-corrected chi connectivity index (χ0v) is 17.8. The average Bonchev–Trinajstić information content (AvgIpc) is 3.29. The number of rotatable bonds is 3. The average molecular weight is 435 g/mol. The van der Waals surface area contributed by atoms with Crippen LogP contribution in [0.2, 0.25) is 5.02 Å². The monoisotopic (exact) mass is 434 g/mol. The molecule has 146 valence electrons. The number of thiophene rings is 1. The molecule has 4 rings (SSSR count). The molecule has 1 aliphatic rings. The van der Waals surface area contributed by atoms with Crippen LogP contribution in [0.4, 0.5) is 0 Å². The summed E-state index contributed by atoms with van der Waals surface area (Å²) in [6, 6.07) is 9.84. The second kappa shape index (κ2) is 6.65. The Kier molecular flexibility index (Phi) is 4.52. The van der Waals surface area contributed by atoms with E-state index in [0.29, 0.717) is 10.8 Å². The van der Waals surface area contributed by atoms with Crippen LogP contribution in [0.3, 0.4) is 0 Å². The molecule has 0 fully saturated rings. The van der Waals surface area contributed by atoms with E-state index in [9.17, 15) is 4.21 Å². The molecule has 0 spiro atoms. The predicted molar refractivity (Wildman–Crippen MR) is 117 cm³/mol. The van der Waals surface area contributed by atoms with Crippen molar-refractivity contribution in [3.05, 3.63) is 52.8 Å². The summed E-state index contributed by atoms with van der Waals surface area (Å²) in [5, 5.41) is 0.573. The van der Waals surface area contributed by atoms with E-state index in [1.807, 2.05) is 37.3 Å². The van der Waals surface area contributed by atoms with Crippen molar-refractivity contribution in [2.45, 2.75) is 12.5 Å². The second-order valence-electron chi connectivity index (χ2n) is 6.89. The first-order chi connectivity index (χ1) is 13.2. The number of hydrogen-bond donors (Lipinski definition) is 1. The Balaban J connectivity index is 1.77. The standard InChI is InChI=1S/C19H19ClN4O2S2/c1-19(10-28(3,25)24(2)18(21)23-19)17-14(20)8-16(27-17)13-6-4-5-12(7-13)15-9-22-11-26-15/h4-9,11H,3,10H2,1-2H3,(H2,21,23)/t19-,28?/m0/s1. The second-order valence-corrected chi connectivity index (χ2v) is 10.7. The van der Waals surface area contributed by atoms with Crippen molar-refractivity contribution < 1.29 is 8.63 Å². The summed E-state index contributed by atoms with van der Waals surface area (Å²) in [5.74, 6) is 5.00. The van der Waals surface area contributed by atoms with Gasteiger partial charge in [0.25, 0.3) is 0 Å². The van der Waals surface area contributed by atoms with E-state index < -0.39 is 15.2 Å². The zero-order chi connectivity index (χ0) is 20.1. The molecule has 6 nitrogen and oxygen atoms in total. The molecule has 0 radical (unpaired) electrons. The number of aliphatic imine (C=N–C) groups is 1. The maximum absolute atomic E-state index is 12.9. The van der Waals surface area contributed by atoms with Crippen molar-refractivity contribution >= 4 is 44.5 Å². The van der Waals surface area contributed by atoms with Crippen LogP contribution in [0.5, 0.6) is 0 Å². The molecule has 2 N–H and O–H groups in total. The maximum Gasteiger partial charge on any atom is 0.203 e. The Hall–Kier alpha value is -2.29. The summed E-state index contributed by atoms with van der Waals surface area (Å²) in [6.07, 6.45) is 3.08. The lowest BCUT2D eigenvalue weighted by Gasteiger charge is -2.36. The normalized spacial score (nSPS) is 25.0. The molecule has 28 heavy (non-hydrogen) atoms. The molecule has 2 aromatic heterocycles. The van der Waals surface area contributed by atoms with Crippen molar-refractivity contribution in [3.8, 4) is 21.8 Å². The number of nitrogens with two attached hydrogens (primary N) is 1. The van der Waals surface area contributed by atoms with Crippen molar-refractivity contribution in [2.75, 3.05) is 12.8 Å². The molecule has 0 saturated heterocycles. The van der Waals surface area contributed by atoms with Gasteiger partial charge in [-0.2, -0.15) is 0 Å². The summed E-state index contributed by atoms with van der Waals surface area (Å²) in [4.78, 5) is 10.4. The quantitative estimate of drug-likeness (QED) is 0.635. The SMILES string of the molecule is C=S1(=O)C[C@@](C)(c2sc(-c3cccc(-c4cnco4)c3)cc2Cl)N=C(N)N1C. The molecule has 0 bridgehead atoms. The largest absolute Gasteiger partial charge is 0.444 e. The minimum Gasteiger partial charge on any atom is -0.444 e. The molecule has 0 aliphatic carbocycles. The minimum absolute atomic E-state index is 0.201. The number of hydrogen-bond acceptors (Lipinski definition) is 6. The van der Waals surface area contributed by atoms with E-state index in [-0.39, 0.29) is 11.7 Å². The van der Waals surface area contributed by atoms with Gasteiger partial charge in [0, 0.05) is 17.5 Å². The van der Waals surface area contributed by atoms with Gasteiger partial charge in [-0.05, 0) is 30.5 Å². The summed E-state index contributed by atoms with van der Waals surface area (Å²) in [6.45, 7) is 1.89. The van der Waals surface area contributed by atoms with Crippen molar-refractivity contribution in [1.29, 1.82) is 0 Å². The number of benzene rings is 1. The Bertz CT molecular complexity index is 1170. The third-order valence-electron chi connectivity index (χ3n) is 4.73. The molecular formula is C19H19ClN4O2S2. The molecule has 1 aliphatic heterocycles. The van der Waals surface area contributed by atoms with Crippen LogP contribution in [0, 0.1) is 0 Å². The number of oxazole rings is 1. The molecule has 2 atom stereocenters. The maximum atomic E-state index is 12.9. The first-order valence-electron chi connectivity index (χ1n) is 8.43. The molecule has 1 aromatic carbocycles. The van der Waals surface area contributed by atoms with Gasteiger partial charge in [0.2, 0.25) is 5.96 Å². The van der Waals surface area contributed by atoms with Crippen molar-refractivity contribution in [1.82, 2.24) is 9.29 Å². The summed E-state index contributed by atoms with van der Waals surface area (Å²) < 4.78 is 19.7. The van der Waals surface area contributed by atoms with Crippen LogP contribution in [0.15, 0.2) is 52.3 Å². The van der Waals surface area contributed by atoms with Gasteiger partial charge in [0.15, 0.2) is 12.2 Å². The third kappa shape index (κ3) is 3.21. The van der Waals surface area contributed by atoms with Gasteiger partial charge >= 0.3 is 0 Å². The lowest BCUT2D eigenvalue weighted by atomic mass is 10.0. The van der Waals surface area contributed by atoms with Gasteiger partial charge in [0.1, 0.15) is 5.54 Å². The highest BCUT2D eigenvalue weighted by Gasteiger charge is 2.39. The van der Waals surface area contributed by atoms with Crippen LogP contribution in [-0.2, 0) is 15.2 Å². The van der Waals surface area contributed by atoms with Crippen LogP contribution in [-0.4, -0.2) is 38.1 Å². The summed E-state index contributed by atoms with van der Waals surface area (Å²) in [5.41, 5.74) is 7.14. The number of guanidine groups is 1. The first-order valence-corrected chi connectivity index (χ1v) is 11.5. The highest BCUT2D eigenvalue weighted by atomic mass is 35.5. The Labute approximate surface area is 172 Å². The van der Waals surface area contributed by atoms with E-state index >= 15 is 0 Å². The summed E-state index contributed by atoms with van der Waals surface area (Å²) >= 11 is 8.09. The number of halogens is 1. The Morgan fingerprint density at radius 1 is 1.39 bits per heavy atom. The van der Waals surface area contributed by atoms with Crippen LogP contribution >= 0.6 is 22.9 Å². The van der Waals surface area contributed by atoms with Gasteiger partial charge in [-0.15, -0.1) is 11.3 Å². The van der Waals surface area contributed by atoms with E-state index in [4.69, 9.17) is 21.8 Å². The van der Waals surface area contributed by atoms with Crippen molar-refractivity contribution in [3.63, 3.8) is 0 Å². The summed E-state index contributed by atoms with van der Waals surface area (Å²) in [7, 11) is -0.926. The smallest absolute Gasteiger partial charge is 0.203 e. The lowest BCUT2D eigenvalue weighted by molar-refractivity contribution is 0.522. The highest BCUT2D eigenvalue weighted by molar-refractivity contribution is 7.98. The number of aromatic nitrogens is 1. The third-order valence-corrected chi connectivity index (χ3v) is 8.78. The Morgan fingerprint density at radius 3 is 2.82 bits per heavy atom. The van der Waals surface area contributed by atoms with Crippen molar-refractivity contribution in [2.24, 2.45) is 10.7 Å². The topological polar surface area (TPSA) is 84.7 Å². The van der Waals surface area contributed by atoms with Crippen LogP contribution in [0.1, 0.15) is 11.8 Å². The van der Waals surface area contributed by atoms with Gasteiger partial charge in [0.05, 0.1) is 31.6 Å². The first kappa shape index (κ1) is 19.0. The molecule has 9 heteroatoms. The van der Waals surface area contributed by atoms with E-state index in [0.717, 1.165) is 20.9 Å². The van der Waals surface area contributed by atoms with E-state index in [1.54, 1.807) is 13.2 Å². The molecule has 1 unspecified atom stereocenters. The number of nitrogens with zero attached hydrogens (tertiary/aromatic N) is 3. The molecule has 0 amide bonds. The Morgan fingerprint density at radius 2 is 2.14 bits per heavy atom. The van der Waals surface area contributed by atoms with Gasteiger partial charge in [-0.3, -0.25) is 4.31 Å². The van der Waals surface area contributed by atoms with Crippen LogP contribution in [0.25, 0.3) is 21.8 Å². The van der Waals surface area contributed by atoms with E-state index in [1.165, 1.54) is 22.0 Å². The molecule has 3 heterocycles. The fourth-order valence-corrected chi connectivity index (χ4v) is 6.62. The van der Waals surface area contributed by atoms with Gasteiger partial charge in [-0.1, -0.05) is 29.8 Å². The van der Waals surface area contributed by atoms with Gasteiger partial charge < -0.3 is 10.2 Å². The fraction of sp³-hybridized carbons (Fsp3) is 0.211. The van der Waals surface area contributed by atoms with E-state index in [2.05, 4.69) is 15.8 Å². The minimum atomic E-state index is -2.57. The molecular weight excluding hydrogens is 416 g/mol. The zero-order valence-electron chi connectivity index (χ0n) is 15.4. The predicted octanol–water partition coefficient (Wildman–Crippen LogP) is 3.83. The highest BCUT2D eigenvalue weighted by Crippen LogP contribution is 2.44.